The van der Waals surface area contributed by atoms with Gasteiger partial charge in [0.25, 0.3) is 5.91 Å². The lowest BCUT2D eigenvalue weighted by Gasteiger charge is -2.07. The van der Waals surface area contributed by atoms with Crippen molar-refractivity contribution in [3.63, 3.8) is 0 Å². The average molecular weight is 376 g/mol. The van der Waals surface area contributed by atoms with Gasteiger partial charge in [-0.15, -0.1) is 11.3 Å². The molecule has 0 spiro atoms. The van der Waals surface area contributed by atoms with E-state index in [1.54, 1.807) is 18.6 Å². The van der Waals surface area contributed by atoms with Crippen LogP contribution in [-0.2, 0) is 0 Å². The van der Waals surface area contributed by atoms with Gasteiger partial charge in [-0.25, -0.2) is 15.0 Å². The Morgan fingerprint density at radius 3 is 2.63 bits per heavy atom. The Balaban J connectivity index is 1.53. The highest BCUT2D eigenvalue weighted by molar-refractivity contribution is 7.17. The van der Waals surface area contributed by atoms with Crippen LogP contribution in [0.5, 0.6) is 0 Å². The van der Waals surface area contributed by atoms with Crippen LogP contribution >= 0.6 is 11.3 Å². The van der Waals surface area contributed by atoms with Gasteiger partial charge in [0, 0.05) is 18.6 Å². The molecule has 0 saturated heterocycles. The van der Waals surface area contributed by atoms with Crippen molar-refractivity contribution in [1.29, 1.82) is 0 Å². The maximum atomic E-state index is 12.6. The van der Waals surface area contributed by atoms with Gasteiger partial charge in [-0.3, -0.25) is 14.3 Å². The predicted molar refractivity (Wildman–Crippen MR) is 104 cm³/mol. The molecule has 0 unspecified atom stereocenters. The maximum absolute atomic E-state index is 12.6. The van der Waals surface area contributed by atoms with Gasteiger partial charge in [0.15, 0.2) is 0 Å². The number of rotatable bonds is 4. The second kappa shape index (κ2) is 7.08. The zero-order chi connectivity index (χ0) is 18.8. The van der Waals surface area contributed by atoms with Crippen molar-refractivity contribution in [3.05, 3.63) is 71.5 Å². The first kappa shape index (κ1) is 17.0. The van der Waals surface area contributed by atoms with E-state index in [-0.39, 0.29) is 5.91 Å². The van der Waals surface area contributed by atoms with E-state index in [1.165, 1.54) is 11.3 Å². The van der Waals surface area contributed by atoms with E-state index in [2.05, 4.69) is 25.3 Å². The summed E-state index contributed by atoms with van der Waals surface area (Å²) in [7, 11) is 0. The summed E-state index contributed by atoms with van der Waals surface area (Å²) in [5, 5.41) is 3.60. The number of anilines is 1. The van der Waals surface area contributed by atoms with Crippen molar-refractivity contribution in [3.8, 4) is 16.5 Å². The monoisotopic (exact) mass is 376 g/mol. The number of pyridine rings is 2. The minimum absolute atomic E-state index is 0.208. The third-order valence-corrected chi connectivity index (χ3v) is 5.14. The van der Waals surface area contributed by atoms with Gasteiger partial charge < -0.3 is 5.32 Å². The summed E-state index contributed by atoms with van der Waals surface area (Å²) in [6.07, 6.45) is 6.90. The summed E-state index contributed by atoms with van der Waals surface area (Å²) in [6.45, 7) is 3.73. The van der Waals surface area contributed by atoms with Crippen LogP contribution < -0.4 is 5.32 Å². The van der Waals surface area contributed by atoms with E-state index in [0.717, 1.165) is 22.3 Å². The fourth-order valence-corrected chi connectivity index (χ4v) is 3.55. The number of amides is 1. The topological polar surface area (TPSA) is 85.6 Å². The SMILES string of the molecule is Cc1nc(-c2ccccn2)sc1C(=O)Nc1ccc(-n2ccnc2C)nc1. The molecular weight excluding hydrogens is 360 g/mol. The van der Waals surface area contributed by atoms with Crippen LogP contribution in [0.2, 0.25) is 0 Å². The molecule has 0 aromatic carbocycles. The number of hydrogen-bond donors (Lipinski definition) is 1. The number of aromatic nitrogens is 5. The van der Waals surface area contributed by atoms with E-state index in [4.69, 9.17) is 0 Å². The Kier molecular flexibility index (Phi) is 4.47. The zero-order valence-corrected chi connectivity index (χ0v) is 15.6. The standard InChI is InChI=1S/C19H16N6OS/c1-12-17(27-19(23-12)15-5-3-4-8-21-15)18(26)24-14-6-7-16(22-11-14)25-10-9-20-13(25)2/h3-11H,1-2H3,(H,24,26). The van der Waals surface area contributed by atoms with Gasteiger partial charge in [0.05, 0.1) is 23.3 Å². The number of hydrogen-bond acceptors (Lipinski definition) is 6. The van der Waals surface area contributed by atoms with Crippen LogP contribution in [0.3, 0.4) is 0 Å². The summed E-state index contributed by atoms with van der Waals surface area (Å²) in [4.78, 5) is 30.5. The van der Waals surface area contributed by atoms with Gasteiger partial charge in [-0.1, -0.05) is 6.07 Å². The van der Waals surface area contributed by atoms with Crippen LogP contribution in [-0.4, -0.2) is 30.4 Å². The Bertz CT molecular complexity index is 1090. The van der Waals surface area contributed by atoms with E-state index < -0.39 is 0 Å². The van der Waals surface area contributed by atoms with Crippen molar-refractivity contribution < 1.29 is 4.79 Å². The highest BCUT2D eigenvalue weighted by Gasteiger charge is 2.17. The Morgan fingerprint density at radius 2 is 1.96 bits per heavy atom. The largest absolute Gasteiger partial charge is 0.320 e. The number of thiazole rings is 1. The summed E-state index contributed by atoms with van der Waals surface area (Å²) in [6, 6.07) is 9.27. The van der Waals surface area contributed by atoms with Crippen LogP contribution in [0.15, 0.2) is 55.1 Å². The molecule has 0 fully saturated rings. The quantitative estimate of drug-likeness (QED) is 0.587. The molecule has 4 heterocycles. The van der Waals surface area contributed by atoms with Gasteiger partial charge in [0.2, 0.25) is 0 Å². The first-order valence-corrected chi connectivity index (χ1v) is 9.10. The third-order valence-electron chi connectivity index (χ3n) is 3.97. The second-order valence-corrected chi connectivity index (χ2v) is 6.85. The Labute approximate surface area is 159 Å². The lowest BCUT2D eigenvalue weighted by atomic mass is 10.3. The molecule has 27 heavy (non-hydrogen) atoms. The first-order valence-electron chi connectivity index (χ1n) is 8.28. The van der Waals surface area contributed by atoms with Crippen molar-refractivity contribution >= 4 is 22.9 Å². The molecule has 0 bridgehead atoms. The molecule has 0 aliphatic heterocycles. The highest BCUT2D eigenvalue weighted by atomic mass is 32.1. The normalized spacial score (nSPS) is 10.7. The molecule has 7 nitrogen and oxygen atoms in total. The second-order valence-electron chi connectivity index (χ2n) is 5.85. The number of carbonyl (C=O) groups excluding carboxylic acids is 1. The molecule has 4 aromatic rings. The van der Waals surface area contributed by atoms with E-state index >= 15 is 0 Å². The summed E-state index contributed by atoms with van der Waals surface area (Å²) < 4.78 is 1.87. The molecule has 1 N–H and O–H groups in total. The molecule has 4 aromatic heterocycles. The van der Waals surface area contributed by atoms with Crippen molar-refractivity contribution in [1.82, 2.24) is 24.5 Å². The summed E-state index contributed by atoms with van der Waals surface area (Å²) >= 11 is 1.32. The molecular formula is C19H16N6OS. The van der Waals surface area contributed by atoms with Crippen LogP contribution in [0.4, 0.5) is 5.69 Å². The predicted octanol–water partition coefficient (Wildman–Crippen LogP) is 3.65. The third kappa shape index (κ3) is 3.47. The van der Waals surface area contributed by atoms with E-state index in [1.807, 2.05) is 54.9 Å². The summed E-state index contributed by atoms with van der Waals surface area (Å²) in [5.41, 5.74) is 2.05. The molecule has 1 amide bonds. The van der Waals surface area contributed by atoms with Gasteiger partial charge >= 0.3 is 0 Å². The molecule has 4 rings (SSSR count). The molecule has 0 atom stereocenters. The van der Waals surface area contributed by atoms with Crippen molar-refractivity contribution in [2.75, 3.05) is 5.32 Å². The minimum Gasteiger partial charge on any atom is -0.320 e. The number of aryl methyl sites for hydroxylation is 2. The van der Waals surface area contributed by atoms with Gasteiger partial charge in [0.1, 0.15) is 21.5 Å². The van der Waals surface area contributed by atoms with Crippen molar-refractivity contribution in [2.45, 2.75) is 13.8 Å². The first-order chi connectivity index (χ1) is 13.1. The maximum Gasteiger partial charge on any atom is 0.267 e. The van der Waals surface area contributed by atoms with Gasteiger partial charge in [-0.05, 0) is 38.1 Å². The lowest BCUT2D eigenvalue weighted by molar-refractivity contribution is 0.103. The number of nitrogens with zero attached hydrogens (tertiary/aromatic N) is 5. The number of imidazole rings is 1. The minimum atomic E-state index is -0.208. The molecule has 0 radical (unpaired) electrons. The number of carbonyl (C=O) groups is 1. The van der Waals surface area contributed by atoms with E-state index in [0.29, 0.717) is 16.3 Å². The number of nitrogens with one attached hydrogen (secondary N) is 1. The smallest absolute Gasteiger partial charge is 0.267 e. The van der Waals surface area contributed by atoms with Gasteiger partial charge in [-0.2, -0.15) is 0 Å². The fourth-order valence-electron chi connectivity index (χ4n) is 2.62. The molecule has 0 aliphatic rings. The van der Waals surface area contributed by atoms with Crippen molar-refractivity contribution in [2.24, 2.45) is 0 Å². The average Bonchev–Trinajstić information content (AvgIpc) is 3.29. The lowest BCUT2D eigenvalue weighted by Crippen LogP contribution is -2.12. The van der Waals surface area contributed by atoms with Crippen LogP contribution in [0.25, 0.3) is 16.5 Å². The van der Waals surface area contributed by atoms with E-state index in [9.17, 15) is 4.79 Å². The Hall–Kier alpha value is -3.39. The van der Waals surface area contributed by atoms with Crippen LogP contribution in [0, 0.1) is 13.8 Å². The zero-order valence-electron chi connectivity index (χ0n) is 14.7. The molecule has 134 valence electrons. The highest BCUT2D eigenvalue weighted by Crippen LogP contribution is 2.27. The molecule has 8 heteroatoms. The van der Waals surface area contributed by atoms with Crippen LogP contribution in [0.1, 0.15) is 21.2 Å². The molecule has 0 saturated carbocycles. The fraction of sp³-hybridized carbons (Fsp3) is 0.105. The summed E-state index contributed by atoms with van der Waals surface area (Å²) in [5.74, 6) is 1.39. The molecule has 0 aliphatic carbocycles. The Morgan fingerprint density at radius 1 is 1.07 bits per heavy atom.